The molecule has 0 radical (unpaired) electrons. The molecule has 0 aliphatic heterocycles. The van der Waals surface area contributed by atoms with Crippen molar-refractivity contribution in [3.8, 4) is 0 Å². The van der Waals surface area contributed by atoms with Crippen LogP contribution in [0.5, 0.6) is 0 Å². The summed E-state index contributed by atoms with van der Waals surface area (Å²) in [6.45, 7) is 1.84. The van der Waals surface area contributed by atoms with Crippen LogP contribution in [0.15, 0.2) is 15.7 Å². The summed E-state index contributed by atoms with van der Waals surface area (Å²) in [5.74, 6) is -0.956. The molecule has 3 N–H and O–H groups in total. The molecule has 13 heavy (non-hydrogen) atoms. The molecule has 1 heterocycles. The minimum Gasteiger partial charge on any atom is -0.478 e. The largest absolute Gasteiger partial charge is 0.478 e. The number of nitrogen functional groups attached to an aromatic ring is 1. The van der Waals surface area contributed by atoms with E-state index in [1.165, 1.54) is 28.5 Å². The Morgan fingerprint density at radius 3 is 2.92 bits per heavy atom. The van der Waals surface area contributed by atoms with Crippen molar-refractivity contribution >= 4 is 34.2 Å². The van der Waals surface area contributed by atoms with E-state index in [4.69, 9.17) is 10.8 Å². The quantitative estimate of drug-likeness (QED) is 0.594. The molecular weight excluding hydrogens is 208 g/mol. The highest BCUT2D eigenvalue weighted by Gasteiger charge is 2.03. The molecule has 0 amide bonds. The summed E-state index contributed by atoms with van der Waals surface area (Å²) in [6.07, 6.45) is 1.08. The SMILES string of the molecule is Cc1nc(N)sc1SC=CC(=O)O. The molecule has 0 fully saturated rings. The van der Waals surface area contributed by atoms with Crippen LogP contribution in [0.4, 0.5) is 5.13 Å². The van der Waals surface area contributed by atoms with Gasteiger partial charge in [0.05, 0.1) is 9.90 Å². The highest BCUT2D eigenvalue weighted by atomic mass is 32.2. The number of carboxylic acids is 1. The monoisotopic (exact) mass is 216 g/mol. The molecule has 70 valence electrons. The number of hydrogen-bond acceptors (Lipinski definition) is 5. The predicted molar refractivity (Wildman–Crippen MR) is 53.9 cm³/mol. The van der Waals surface area contributed by atoms with Gasteiger partial charge in [-0.15, -0.1) is 0 Å². The van der Waals surface area contributed by atoms with Crippen LogP contribution < -0.4 is 5.73 Å². The third-order valence-electron chi connectivity index (χ3n) is 1.16. The van der Waals surface area contributed by atoms with Crippen molar-refractivity contribution in [1.29, 1.82) is 0 Å². The molecule has 0 aromatic carbocycles. The van der Waals surface area contributed by atoms with Crippen molar-refractivity contribution in [2.24, 2.45) is 0 Å². The normalized spacial score (nSPS) is 10.8. The summed E-state index contributed by atoms with van der Waals surface area (Å²) < 4.78 is 0.926. The number of rotatable bonds is 3. The highest BCUT2D eigenvalue weighted by Crippen LogP contribution is 2.30. The Morgan fingerprint density at radius 1 is 1.77 bits per heavy atom. The maximum atomic E-state index is 10.1. The smallest absolute Gasteiger partial charge is 0.328 e. The van der Waals surface area contributed by atoms with E-state index in [9.17, 15) is 4.79 Å². The number of nitrogens with zero attached hydrogens (tertiary/aromatic N) is 1. The lowest BCUT2D eigenvalue weighted by Gasteiger charge is -1.88. The van der Waals surface area contributed by atoms with Gasteiger partial charge in [-0.3, -0.25) is 0 Å². The van der Waals surface area contributed by atoms with Gasteiger partial charge in [0.25, 0.3) is 0 Å². The van der Waals surface area contributed by atoms with Gasteiger partial charge in [0.2, 0.25) is 0 Å². The fourth-order valence-corrected chi connectivity index (χ4v) is 2.37. The molecule has 1 aromatic rings. The van der Waals surface area contributed by atoms with Gasteiger partial charge in [-0.2, -0.15) is 0 Å². The number of thioether (sulfide) groups is 1. The van der Waals surface area contributed by atoms with Crippen molar-refractivity contribution in [1.82, 2.24) is 4.98 Å². The van der Waals surface area contributed by atoms with Crippen molar-refractivity contribution in [2.75, 3.05) is 5.73 Å². The first-order valence-corrected chi connectivity index (χ1v) is 5.08. The molecule has 6 heteroatoms. The first kappa shape index (κ1) is 10.1. The lowest BCUT2D eigenvalue weighted by Crippen LogP contribution is -1.84. The molecule has 0 aliphatic carbocycles. The zero-order valence-electron chi connectivity index (χ0n) is 6.85. The van der Waals surface area contributed by atoms with Crippen LogP contribution in [0.1, 0.15) is 5.69 Å². The summed E-state index contributed by atoms with van der Waals surface area (Å²) in [7, 11) is 0. The maximum Gasteiger partial charge on any atom is 0.328 e. The van der Waals surface area contributed by atoms with E-state index in [0.717, 1.165) is 16.0 Å². The number of thiazole rings is 1. The number of anilines is 1. The Labute approximate surface area is 83.5 Å². The second-order valence-corrected chi connectivity index (χ2v) is 4.39. The Kier molecular flexibility index (Phi) is 3.32. The Hall–Kier alpha value is -1.01. The Balaban J connectivity index is 2.64. The topological polar surface area (TPSA) is 76.2 Å². The van der Waals surface area contributed by atoms with E-state index >= 15 is 0 Å². The minimum atomic E-state index is -0.956. The van der Waals surface area contributed by atoms with Gasteiger partial charge in [-0.05, 0) is 12.3 Å². The van der Waals surface area contributed by atoms with E-state index in [2.05, 4.69) is 4.98 Å². The van der Waals surface area contributed by atoms with Crippen LogP contribution in [-0.2, 0) is 4.79 Å². The van der Waals surface area contributed by atoms with Gasteiger partial charge in [0.1, 0.15) is 0 Å². The van der Waals surface area contributed by atoms with Gasteiger partial charge >= 0.3 is 5.97 Å². The van der Waals surface area contributed by atoms with E-state index < -0.39 is 5.97 Å². The molecule has 1 aromatic heterocycles. The molecule has 4 nitrogen and oxygen atoms in total. The van der Waals surface area contributed by atoms with Crippen LogP contribution in [0.2, 0.25) is 0 Å². The zero-order valence-corrected chi connectivity index (χ0v) is 8.48. The number of nitrogens with two attached hydrogens (primary N) is 1. The first-order chi connectivity index (χ1) is 6.09. The summed E-state index contributed by atoms with van der Waals surface area (Å²) in [4.78, 5) is 14.1. The molecule has 0 bridgehead atoms. The zero-order chi connectivity index (χ0) is 9.84. The fourth-order valence-electron chi connectivity index (χ4n) is 0.666. The van der Waals surface area contributed by atoms with Crippen LogP contribution in [0, 0.1) is 6.92 Å². The lowest BCUT2D eigenvalue weighted by molar-refractivity contribution is -0.131. The van der Waals surface area contributed by atoms with Crippen LogP contribution in [0.3, 0.4) is 0 Å². The van der Waals surface area contributed by atoms with E-state index in [1.807, 2.05) is 6.92 Å². The number of hydrogen-bond donors (Lipinski definition) is 2. The third-order valence-corrected chi connectivity index (χ3v) is 3.26. The molecule has 0 unspecified atom stereocenters. The summed E-state index contributed by atoms with van der Waals surface area (Å²) in [5, 5.41) is 10.3. The average Bonchev–Trinajstić information content (AvgIpc) is 2.29. The molecule has 0 aliphatic rings. The molecular formula is C7H8N2O2S2. The van der Waals surface area contributed by atoms with E-state index in [0.29, 0.717) is 5.13 Å². The van der Waals surface area contributed by atoms with Gasteiger partial charge < -0.3 is 10.8 Å². The van der Waals surface area contributed by atoms with Crippen molar-refractivity contribution in [3.05, 3.63) is 17.2 Å². The molecule has 0 saturated carbocycles. The first-order valence-electron chi connectivity index (χ1n) is 3.38. The number of aryl methyl sites for hydroxylation is 1. The maximum absolute atomic E-state index is 10.1. The molecule has 0 atom stereocenters. The van der Waals surface area contributed by atoms with Crippen LogP contribution >= 0.6 is 23.1 Å². The van der Waals surface area contributed by atoms with Gasteiger partial charge in [0.15, 0.2) is 5.13 Å². The Bertz CT molecular complexity index is 346. The summed E-state index contributed by atoms with van der Waals surface area (Å²) in [5.41, 5.74) is 6.30. The van der Waals surface area contributed by atoms with Gasteiger partial charge in [0, 0.05) is 6.08 Å². The summed E-state index contributed by atoms with van der Waals surface area (Å²) >= 11 is 2.66. The minimum absolute atomic E-state index is 0.503. The fraction of sp³-hybridized carbons (Fsp3) is 0.143. The molecule has 0 saturated heterocycles. The average molecular weight is 216 g/mol. The standard InChI is InChI=1S/C7H8N2O2S2/c1-4-6(13-7(8)9-4)12-3-2-5(10)11/h2-3H,1H3,(H2,8,9)(H,10,11). The Morgan fingerprint density at radius 2 is 2.46 bits per heavy atom. The second kappa shape index (κ2) is 4.29. The van der Waals surface area contributed by atoms with Crippen LogP contribution in [0.25, 0.3) is 0 Å². The summed E-state index contributed by atoms with van der Waals surface area (Å²) in [6, 6.07) is 0. The lowest BCUT2D eigenvalue weighted by atomic mass is 10.6. The molecule has 0 spiro atoms. The number of aliphatic carboxylic acids is 1. The number of carboxylic acid groups (broad SMARTS) is 1. The van der Waals surface area contributed by atoms with E-state index in [-0.39, 0.29) is 0 Å². The number of carbonyl (C=O) groups is 1. The van der Waals surface area contributed by atoms with Gasteiger partial charge in [-0.25, -0.2) is 9.78 Å². The van der Waals surface area contributed by atoms with Gasteiger partial charge in [-0.1, -0.05) is 23.1 Å². The van der Waals surface area contributed by atoms with E-state index in [1.54, 1.807) is 0 Å². The predicted octanol–water partition coefficient (Wildman–Crippen LogP) is 1.72. The van der Waals surface area contributed by atoms with Crippen LogP contribution in [-0.4, -0.2) is 16.1 Å². The van der Waals surface area contributed by atoms with Crippen molar-refractivity contribution < 1.29 is 9.90 Å². The molecule has 1 rings (SSSR count). The second-order valence-electron chi connectivity index (χ2n) is 2.18. The highest BCUT2D eigenvalue weighted by molar-refractivity contribution is 8.04. The number of aromatic nitrogens is 1. The third kappa shape index (κ3) is 3.08. The van der Waals surface area contributed by atoms with Crippen molar-refractivity contribution in [2.45, 2.75) is 11.1 Å². The van der Waals surface area contributed by atoms with Crippen molar-refractivity contribution in [3.63, 3.8) is 0 Å².